The fourth-order valence-corrected chi connectivity index (χ4v) is 2.34. The molecule has 0 amide bonds. The Morgan fingerprint density at radius 1 is 1.67 bits per heavy atom. The number of nitrogens with zero attached hydrogens (tertiary/aromatic N) is 3. The SMILES string of the molecule is Cn1c(Sc2nccc(C(=N)N)c2Cl)n[nH]c1=O. The summed E-state index contributed by atoms with van der Waals surface area (Å²) in [4.78, 5) is 15.3. The van der Waals surface area contributed by atoms with Gasteiger partial charge in [0.15, 0.2) is 5.16 Å². The van der Waals surface area contributed by atoms with E-state index in [-0.39, 0.29) is 16.5 Å². The van der Waals surface area contributed by atoms with Gasteiger partial charge in [-0.3, -0.25) is 9.98 Å². The molecule has 0 atom stereocenters. The Morgan fingerprint density at radius 3 is 2.94 bits per heavy atom. The molecule has 4 N–H and O–H groups in total. The first-order valence-electron chi connectivity index (χ1n) is 4.79. The van der Waals surface area contributed by atoms with Crippen molar-refractivity contribution in [3.8, 4) is 0 Å². The molecule has 0 aliphatic heterocycles. The number of nitrogens with two attached hydrogens (primary N) is 1. The minimum absolute atomic E-state index is 0.139. The van der Waals surface area contributed by atoms with E-state index in [1.54, 1.807) is 13.1 Å². The lowest BCUT2D eigenvalue weighted by molar-refractivity contribution is 0.765. The van der Waals surface area contributed by atoms with Crippen LogP contribution in [0.15, 0.2) is 27.2 Å². The second-order valence-electron chi connectivity index (χ2n) is 3.36. The van der Waals surface area contributed by atoms with Crippen LogP contribution in [0.5, 0.6) is 0 Å². The molecule has 0 radical (unpaired) electrons. The van der Waals surface area contributed by atoms with Crippen LogP contribution in [0.3, 0.4) is 0 Å². The summed E-state index contributed by atoms with van der Waals surface area (Å²) < 4.78 is 1.34. The van der Waals surface area contributed by atoms with E-state index in [2.05, 4.69) is 15.2 Å². The molecule has 9 heteroatoms. The van der Waals surface area contributed by atoms with Crippen molar-refractivity contribution in [1.82, 2.24) is 19.7 Å². The van der Waals surface area contributed by atoms with Gasteiger partial charge in [0.2, 0.25) is 0 Å². The van der Waals surface area contributed by atoms with E-state index in [1.807, 2.05) is 0 Å². The summed E-state index contributed by atoms with van der Waals surface area (Å²) in [7, 11) is 1.58. The first-order valence-corrected chi connectivity index (χ1v) is 5.98. The van der Waals surface area contributed by atoms with Crippen LogP contribution >= 0.6 is 23.4 Å². The van der Waals surface area contributed by atoms with Gasteiger partial charge in [-0.1, -0.05) is 11.6 Å². The van der Waals surface area contributed by atoms with Gasteiger partial charge in [-0.25, -0.2) is 14.9 Å². The Balaban J connectivity index is 2.41. The number of nitrogen functional groups attached to an aromatic ring is 1. The highest BCUT2D eigenvalue weighted by atomic mass is 35.5. The normalized spacial score (nSPS) is 10.6. The molecule has 0 spiro atoms. The van der Waals surface area contributed by atoms with E-state index in [4.69, 9.17) is 22.7 Å². The van der Waals surface area contributed by atoms with Gasteiger partial charge in [-0.05, 0) is 17.8 Å². The monoisotopic (exact) mass is 284 g/mol. The minimum atomic E-state index is -0.323. The molecule has 0 aromatic carbocycles. The molecule has 0 aliphatic carbocycles. The molecular formula is C9H9ClN6OS. The summed E-state index contributed by atoms with van der Waals surface area (Å²) >= 11 is 7.20. The Labute approximate surface area is 111 Å². The van der Waals surface area contributed by atoms with Crippen LogP contribution in [-0.2, 0) is 7.05 Å². The quantitative estimate of drug-likeness (QED) is 0.564. The largest absolute Gasteiger partial charge is 0.384 e. The summed E-state index contributed by atoms with van der Waals surface area (Å²) in [5.74, 6) is -0.139. The van der Waals surface area contributed by atoms with Crippen LogP contribution < -0.4 is 11.4 Å². The molecule has 0 fully saturated rings. The van der Waals surface area contributed by atoms with Crippen molar-refractivity contribution in [3.05, 3.63) is 33.3 Å². The van der Waals surface area contributed by atoms with E-state index in [0.29, 0.717) is 15.7 Å². The molecule has 2 aromatic rings. The highest BCUT2D eigenvalue weighted by Gasteiger charge is 2.14. The number of halogens is 1. The summed E-state index contributed by atoms with van der Waals surface area (Å²) in [6.07, 6.45) is 1.50. The highest BCUT2D eigenvalue weighted by molar-refractivity contribution is 7.99. The maximum Gasteiger partial charge on any atom is 0.343 e. The molecule has 0 saturated heterocycles. The van der Waals surface area contributed by atoms with Crippen molar-refractivity contribution in [2.75, 3.05) is 0 Å². The Bertz CT molecular complexity index is 663. The number of amidine groups is 1. The molecule has 94 valence electrons. The maximum absolute atomic E-state index is 11.2. The first kappa shape index (κ1) is 12.7. The molecule has 0 unspecified atom stereocenters. The van der Waals surface area contributed by atoms with Gasteiger partial charge in [0.05, 0.1) is 5.02 Å². The predicted octanol–water partition coefficient (Wildman–Crippen LogP) is 0.592. The number of aromatic nitrogens is 4. The molecular weight excluding hydrogens is 276 g/mol. The second kappa shape index (κ2) is 4.83. The lowest BCUT2D eigenvalue weighted by atomic mass is 10.2. The zero-order chi connectivity index (χ0) is 13.3. The van der Waals surface area contributed by atoms with Gasteiger partial charge in [0.1, 0.15) is 10.9 Å². The molecule has 7 nitrogen and oxygen atoms in total. The van der Waals surface area contributed by atoms with Crippen molar-refractivity contribution < 1.29 is 0 Å². The van der Waals surface area contributed by atoms with Gasteiger partial charge < -0.3 is 5.73 Å². The number of H-pyrrole nitrogens is 1. The number of rotatable bonds is 3. The van der Waals surface area contributed by atoms with Gasteiger partial charge >= 0.3 is 5.69 Å². The second-order valence-corrected chi connectivity index (χ2v) is 4.70. The zero-order valence-corrected chi connectivity index (χ0v) is 10.8. The molecule has 0 saturated carbocycles. The lowest BCUT2D eigenvalue weighted by Crippen LogP contribution is -2.13. The van der Waals surface area contributed by atoms with Crippen LogP contribution in [0.2, 0.25) is 5.02 Å². The highest BCUT2D eigenvalue weighted by Crippen LogP contribution is 2.31. The summed E-state index contributed by atoms with van der Waals surface area (Å²) in [6.45, 7) is 0. The van der Waals surface area contributed by atoms with Gasteiger partial charge in [0.25, 0.3) is 0 Å². The van der Waals surface area contributed by atoms with Crippen molar-refractivity contribution >= 4 is 29.2 Å². The minimum Gasteiger partial charge on any atom is -0.384 e. The lowest BCUT2D eigenvalue weighted by Gasteiger charge is -2.06. The van der Waals surface area contributed by atoms with Crippen LogP contribution in [0, 0.1) is 5.41 Å². The van der Waals surface area contributed by atoms with Crippen LogP contribution in [0.4, 0.5) is 0 Å². The van der Waals surface area contributed by atoms with E-state index in [0.717, 1.165) is 11.8 Å². The predicted molar refractivity (Wildman–Crippen MR) is 68.2 cm³/mol. The van der Waals surface area contributed by atoms with Gasteiger partial charge in [0, 0.05) is 18.8 Å². The third-order valence-electron chi connectivity index (χ3n) is 2.17. The number of hydrogen-bond donors (Lipinski definition) is 3. The number of pyridine rings is 1. The summed E-state index contributed by atoms with van der Waals surface area (Å²) in [5, 5.41) is 14.7. The van der Waals surface area contributed by atoms with Crippen molar-refractivity contribution in [3.63, 3.8) is 0 Å². The average molecular weight is 285 g/mol. The standard InChI is InChI=1S/C9H9ClN6OS/c1-16-8(17)14-15-9(16)18-7-5(10)4(6(11)12)2-3-13-7/h2-3H,1H3,(H3,11,12)(H,14,17). The molecule has 2 aromatic heterocycles. The Kier molecular flexibility index (Phi) is 3.39. The molecule has 2 heterocycles. The maximum atomic E-state index is 11.2. The third kappa shape index (κ3) is 2.24. The van der Waals surface area contributed by atoms with Crippen LogP contribution in [-0.4, -0.2) is 25.6 Å². The van der Waals surface area contributed by atoms with E-state index in [9.17, 15) is 4.79 Å². The number of hydrogen-bond acceptors (Lipinski definition) is 5. The first-order chi connectivity index (χ1) is 8.50. The van der Waals surface area contributed by atoms with Crippen LogP contribution in [0.1, 0.15) is 5.56 Å². The topological polar surface area (TPSA) is 113 Å². The van der Waals surface area contributed by atoms with Crippen molar-refractivity contribution in [2.24, 2.45) is 12.8 Å². The number of aromatic amines is 1. The molecule has 18 heavy (non-hydrogen) atoms. The van der Waals surface area contributed by atoms with E-state index in [1.165, 1.54) is 10.8 Å². The van der Waals surface area contributed by atoms with Gasteiger partial charge in [-0.2, -0.15) is 0 Å². The Morgan fingerprint density at radius 2 is 2.39 bits per heavy atom. The third-order valence-corrected chi connectivity index (χ3v) is 3.72. The van der Waals surface area contributed by atoms with Crippen molar-refractivity contribution in [1.29, 1.82) is 5.41 Å². The fourth-order valence-electron chi connectivity index (χ4n) is 1.21. The van der Waals surface area contributed by atoms with Gasteiger partial charge in [-0.15, -0.1) is 5.10 Å². The smallest absolute Gasteiger partial charge is 0.343 e. The molecule has 0 aliphatic rings. The van der Waals surface area contributed by atoms with Crippen molar-refractivity contribution in [2.45, 2.75) is 10.2 Å². The fraction of sp³-hybridized carbons (Fsp3) is 0.111. The molecule has 0 bridgehead atoms. The van der Waals surface area contributed by atoms with E-state index >= 15 is 0 Å². The molecule has 2 rings (SSSR count). The number of nitrogens with one attached hydrogen (secondary N) is 2. The summed E-state index contributed by atoms with van der Waals surface area (Å²) in [5.41, 5.74) is 5.47. The zero-order valence-electron chi connectivity index (χ0n) is 9.27. The van der Waals surface area contributed by atoms with Crippen LogP contribution in [0.25, 0.3) is 0 Å². The Hall–Kier alpha value is -1.80. The summed E-state index contributed by atoms with van der Waals surface area (Å²) in [6, 6.07) is 1.55. The average Bonchev–Trinajstić information content (AvgIpc) is 2.63. The van der Waals surface area contributed by atoms with E-state index < -0.39 is 0 Å².